The van der Waals surface area contributed by atoms with Crippen LogP contribution in [0.5, 0.6) is 0 Å². The average molecular weight is 272 g/mol. The fourth-order valence-electron chi connectivity index (χ4n) is 2.27. The van der Waals surface area contributed by atoms with Gasteiger partial charge in [-0.1, -0.05) is 65.7 Å². The molecule has 0 atom stereocenters. The van der Waals surface area contributed by atoms with Gasteiger partial charge in [-0.05, 0) is 19.8 Å². The van der Waals surface area contributed by atoms with Crippen LogP contribution in [0, 0.1) is 0 Å². The zero-order valence-corrected chi connectivity index (χ0v) is 13.8. The second-order valence-electron chi connectivity index (χ2n) is 5.70. The van der Waals surface area contributed by atoms with Crippen LogP contribution in [-0.4, -0.2) is 19.0 Å². The Kier molecular flexibility index (Phi) is 12.9. The first-order valence-corrected chi connectivity index (χ1v) is 8.46. The molecule has 0 aromatic heterocycles. The van der Waals surface area contributed by atoms with Gasteiger partial charge < -0.3 is 9.47 Å². The molecule has 0 N–H and O–H groups in total. The summed E-state index contributed by atoms with van der Waals surface area (Å²) >= 11 is 0. The molecule has 0 bridgehead atoms. The lowest BCUT2D eigenvalue weighted by molar-refractivity contribution is -0.230. The summed E-state index contributed by atoms with van der Waals surface area (Å²) in [4.78, 5) is 0. The van der Waals surface area contributed by atoms with Gasteiger partial charge in [0.1, 0.15) is 0 Å². The van der Waals surface area contributed by atoms with E-state index in [1.165, 1.54) is 38.5 Å². The molecule has 0 saturated heterocycles. The van der Waals surface area contributed by atoms with E-state index in [4.69, 9.17) is 9.47 Å². The van der Waals surface area contributed by atoms with Gasteiger partial charge in [-0.3, -0.25) is 0 Å². The van der Waals surface area contributed by atoms with Crippen LogP contribution in [0.1, 0.15) is 91.9 Å². The molecule has 0 fully saturated rings. The molecule has 0 aromatic rings. The maximum Gasteiger partial charge on any atom is 0.165 e. The highest BCUT2D eigenvalue weighted by molar-refractivity contribution is 4.63. The van der Waals surface area contributed by atoms with Gasteiger partial charge in [0.25, 0.3) is 0 Å². The predicted octanol–water partition coefficient (Wildman–Crippen LogP) is 5.70. The van der Waals surface area contributed by atoms with Crippen molar-refractivity contribution in [1.29, 1.82) is 0 Å². The van der Waals surface area contributed by atoms with Crippen molar-refractivity contribution in [1.82, 2.24) is 0 Å². The quantitative estimate of drug-likeness (QED) is 0.298. The largest absolute Gasteiger partial charge is 0.350 e. The average Bonchev–Trinajstić information content (AvgIpc) is 2.39. The van der Waals surface area contributed by atoms with Crippen molar-refractivity contribution in [3.63, 3.8) is 0 Å². The van der Waals surface area contributed by atoms with Crippen LogP contribution in [-0.2, 0) is 9.47 Å². The number of rotatable bonds is 14. The maximum atomic E-state index is 6.00. The fourth-order valence-corrected chi connectivity index (χ4v) is 2.27. The molecular formula is C17H36O2. The van der Waals surface area contributed by atoms with Crippen molar-refractivity contribution in [3.8, 4) is 0 Å². The molecule has 0 radical (unpaired) electrons. The van der Waals surface area contributed by atoms with Crippen LogP contribution < -0.4 is 0 Å². The van der Waals surface area contributed by atoms with Gasteiger partial charge in [-0.15, -0.1) is 0 Å². The minimum absolute atomic E-state index is 0.354. The third-order valence-corrected chi connectivity index (χ3v) is 3.51. The lowest BCUT2D eigenvalue weighted by Gasteiger charge is -2.30. The molecule has 19 heavy (non-hydrogen) atoms. The molecule has 0 aliphatic heterocycles. The van der Waals surface area contributed by atoms with Crippen LogP contribution in [0.2, 0.25) is 0 Å². The molecule has 0 amide bonds. The zero-order chi connectivity index (χ0) is 14.4. The van der Waals surface area contributed by atoms with Crippen molar-refractivity contribution < 1.29 is 9.47 Å². The van der Waals surface area contributed by atoms with E-state index >= 15 is 0 Å². The highest BCUT2D eigenvalue weighted by Crippen LogP contribution is 2.21. The zero-order valence-electron chi connectivity index (χ0n) is 13.8. The number of hydrogen-bond donors (Lipinski definition) is 0. The molecule has 2 heteroatoms. The van der Waals surface area contributed by atoms with E-state index in [2.05, 4.69) is 27.7 Å². The Bertz CT molecular complexity index is 166. The summed E-state index contributed by atoms with van der Waals surface area (Å²) in [5.41, 5.74) is 0. The first-order chi connectivity index (χ1) is 9.18. The van der Waals surface area contributed by atoms with Crippen LogP contribution in [0.4, 0.5) is 0 Å². The molecule has 0 aromatic carbocycles. The Hall–Kier alpha value is -0.0800. The van der Waals surface area contributed by atoms with E-state index in [0.29, 0.717) is 0 Å². The molecule has 0 heterocycles. The number of hydrogen-bond acceptors (Lipinski definition) is 2. The highest BCUT2D eigenvalue weighted by Gasteiger charge is 2.24. The van der Waals surface area contributed by atoms with E-state index in [1.54, 1.807) is 0 Å². The van der Waals surface area contributed by atoms with Gasteiger partial charge in [0.2, 0.25) is 0 Å². The van der Waals surface area contributed by atoms with E-state index in [9.17, 15) is 0 Å². The Labute approximate surface area is 121 Å². The first-order valence-electron chi connectivity index (χ1n) is 8.46. The Balaban J connectivity index is 3.76. The molecule has 0 unspecified atom stereocenters. The van der Waals surface area contributed by atoms with Crippen LogP contribution in [0.25, 0.3) is 0 Å². The standard InChI is InChI=1S/C17H36O2/c1-5-8-10-12-15-18-17(4,14-7-3)19-16-13-11-9-6-2/h5-16H2,1-4H3. The van der Waals surface area contributed by atoms with Gasteiger partial charge in [-0.25, -0.2) is 0 Å². The van der Waals surface area contributed by atoms with E-state index in [1.807, 2.05) is 0 Å². The fraction of sp³-hybridized carbons (Fsp3) is 1.00. The summed E-state index contributed by atoms with van der Waals surface area (Å²) in [7, 11) is 0. The Morgan fingerprint density at radius 2 is 1.11 bits per heavy atom. The Morgan fingerprint density at radius 1 is 0.632 bits per heavy atom. The summed E-state index contributed by atoms with van der Waals surface area (Å²) in [5.74, 6) is -0.354. The molecule has 2 nitrogen and oxygen atoms in total. The van der Waals surface area contributed by atoms with E-state index < -0.39 is 0 Å². The van der Waals surface area contributed by atoms with Gasteiger partial charge in [-0.2, -0.15) is 0 Å². The van der Waals surface area contributed by atoms with Crippen LogP contribution in [0.15, 0.2) is 0 Å². The molecule has 0 saturated carbocycles. The van der Waals surface area contributed by atoms with Gasteiger partial charge in [0.05, 0.1) is 13.2 Å². The second kappa shape index (κ2) is 12.9. The molecule has 0 aliphatic carbocycles. The summed E-state index contributed by atoms with van der Waals surface area (Å²) in [6, 6.07) is 0. The first kappa shape index (κ1) is 18.9. The van der Waals surface area contributed by atoms with Gasteiger partial charge in [0.15, 0.2) is 5.79 Å². The minimum Gasteiger partial charge on any atom is -0.350 e. The van der Waals surface area contributed by atoms with Crippen molar-refractivity contribution in [2.75, 3.05) is 13.2 Å². The van der Waals surface area contributed by atoms with Crippen LogP contribution >= 0.6 is 0 Å². The van der Waals surface area contributed by atoms with Gasteiger partial charge in [0, 0.05) is 6.42 Å². The maximum absolute atomic E-state index is 6.00. The minimum atomic E-state index is -0.354. The van der Waals surface area contributed by atoms with Crippen molar-refractivity contribution in [3.05, 3.63) is 0 Å². The lowest BCUT2D eigenvalue weighted by Crippen LogP contribution is -2.33. The normalized spacial score (nSPS) is 12.0. The van der Waals surface area contributed by atoms with Crippen LogP contribution in [0.3, 0.4) is 0 Å². The topological polar surface area (TPSA) is 18.5 Å². The third-order valence-electron chi connectivity index (χ3n) is 3.51. The van der Waals surface area contributed by atoms with Crippen molar-refractivity contribution in [2.45, 2.75) is 97.7 Å². The lowest BCUT2D eigenvalue weighted by atomic mass is 10.1. The summed E-state index contributed by atoms with van der Waals surface area (Å²) < 4.78 is 12.0. The smallest absolute Gasteiger partial charge is 0.165 e. The van der Waals surface area contributed by atoms with E-state index in [0.717, 1.165) is 38.9 Å². The molecule has 0 spiro atoms. The van der Waals surface area contributed by atoms with E-state index in [-0.39, 0.29) is 5.79 Å². The monoisotopic (exact) mass is 272 g/mol. The number of unbranched alkanes of at least 4 members (excludes halogenated alkanes) is 6. The van der Waals surface area contributed by atoms with Gasteiger partial charge >= 0.3 is 0 Å². The molecular weight excluding hydrogens is 236 g/mol. The van der Waals surface area contributed by atoms with Crippen molar-refractivity contribution >= 4 is 0 Å². The predicted molar refractivity (Wildman–Crippen MR) is 83.5 cm³/mol. The highest BCUT2D eigenvalue weighted by atomic mass is 16.7. The molecule has 116 valence electrons. The SMILES string of the molecule is CCCCCCOC(C)(CCC)OCCCCCC. The molecule has 0 aliphatic rings. The second-order valence-corrected chi connectivity index (χ2v) is 5.70. The van der Waals surface area contributed by atoms with Crippen molar-refractivity contribution in [2.24, 2.45) is 0 Å². The summed E-state index contributed by atoms with van der Waals surface area (Å²) in [6.07, 6.45) is 12.1. The third kappa shape index (κ3) is 11.4. The Morgan fingerprint density at radius 3 is 1.47 bits per heavy atom. The summed E-state index contributed by atoms with van der Waals surface area (Å²) in [6.45, 7) is 10.5. The molecule has 0 rings (SSSR count). The summed E-state index contributed by atoms with van der Waals surface area (Å²) in [5, 5.41) is 0. The number of ether oxygens (including phenoxy) is 2.